The van der Waals surface area contributed by atoms with Crippen molar-refractivity contribution in [2.45, 2.75) is 50.4 Å². The summed E-state index contributed by atoms with van der Waals surface area (Å²) in [5, 5.41) is 3.67. The molecule has 1 aromatic heterocycles. The van der Waals surface area contributed by atoms with Crippen LogP contribution in [0, 0.1) is 0 Å². The van der Waals surface area contributed by atoms with Gasteiger partial charge in [-0.3, -0.25) is 4.90 Å². The molecule has 5 heteroatoms. The number of halogens is 1. The number of oxazole rings is 1. The van der Waals surface area contributed by atoms with Crippen LogP contribution in [-0.2, 0) is 6.54 Å². The molecule has 2 aliphatic rings. The largest absolute Gasteiger partial charge is 0.451 e. The van der Waals surface area contributed by atoms with Gasteiger partial charge in [0, 0.05) is 24.7 Å². The van der Waals surface area contributed by atoms with Crippen molar-refractivity contribution in [3.05, 3.63) is 18.4 Å². The predicted molar refractivity (Wildman–Crippen MR) is 68.2 cm³/mol. The van der Waals surface area contributed by atoms with Gasteiger partial charge < -0.3 is 9.73 Å². The lowest BCUT2D eigenvalue weighted by Gasteiger charge is -2.35. The predicted octanol–water partition coefficient (Wildman–Crippen LogP) is 1.81. The maximum atomic E-state index is 5.01. The maximum Gasteiger partial charge on any atom is 0.180 e. The number of nitrogens with one attached hydrogen (secondary N) is 1. The van der Waals surface area contributed by atoms with Gasteiger partial charge in [-0.05, 0) is 32.7 Å². The van der Waals surface area contributed by atoms with Crippen LogP contribution < -0.4 is 5.32 Å². The molecule has 4 nitrogen and oxygen atoms in total. The topological polar surface area (TPSA) is 41.3 Å². The summed E-state index contributed by atoms with van der Waals surface area (Å²) in [6.07, 6.45) is 8.54. The van der Waals surface area contributed by atoms with Gasteiger partial charge in [-0.15, -0.1) is 12.4 Å². The highest BCUT2D eigenvalue weighted by molar-refractivity contribution is 5.85. The van der Waals surface area contributed by atoms with E-state index in [2.05, 4.69) is 22.2 Å². The Bertz CT molecular complexity index is 332. The average molecular weight is 258 g/mol. The fourth-order valence-electron chi connectivity index (χ4n) is 3.09. The van der Waals surface area contributed by atoms with Gasteiger partial charge >= 0.3 is 0 Å². The molecule has 2 unspecified atom stereocenters. The van der Waals surface area contributed by atoms with E-state index in [0.29, 0.717) is 6.04 Å². The Hall–Kier alpha value is -0.580. The first kappa shape index (κ1) is 12.9. The van der Waals surface area contributed by atoms with Crippen LogP contribution in [-0.4, -0.2) is 35.1 Å². The van der Waals surface area contributed by atoms with Gasteiger partial charge in [0.25, 0.3) is 0 Å². The van der Waals surface area contributed by atoms with E-state index >= 15 is 0 Å². The zero-order chi connectivity index (χ0) is 11.0. The van der Waals surface area contributed by atoms with Crippen molar-refractivity contribution in [1.82, 2.24) is 15.2 Å². The van der Waals surface area contributed by atoms with Gasteiger partial charge in [0.2, 0.25) is 0 Å². The number of hydrogen-bond acceptors (Lipinski definition) is 4. The lowest BCUT2D eigenvalue weighted by molar-refractivity contribution is 0.164. The van der Waals surface area contributed by atoms with Crippen molar-refractivity contribution in [2.24, 2.45) is 0 Å². The minimum atomic E-state index is 0. The Balaban J connectivity index is 0.00000108. The van der Waals surface area contributed by atoms with Crippen LogP contribution in [0.2, 0.25) is 0 Å². The van der Waals surface area contributed by atoms with Crippen LogP contribution in [0.15, 0.2) is 17.1 Å². The zero-order valence-electron chi connectivity index (χ0n) is 10.1. The molecule has 2 saturated heterocycles. The zero-order valence-corrected chi connectivity index (χ0v) is 10.9. The molecule has 1 N–H and O–H groups in total. The first-order chi connectivity index (χ1) is 7.81. The Kier molecular flexibility index (Phi) is 4.07. The molecule has 3 heterocycles. The number of nitrogens with zero attached hydrogens (tertiary/aromatic N) is 2. The molecular weight excluding hydrogens is 238 g/mol. The molecule has 0 amide bonds. The van der Waals surface area contributed by atoms with E-state index in [4.69, 9.17) is 4.42 Å². The van der Waals surface area contributed by atoms with E-state index in [-0.39, 0.29) is 12.4 Å². The fourth-order valence-corrected chi connectivity index (χ4v) is 3.09. The molecule has 1 aromatic rings. The quantitative estimate of drug-likeness (QED) is 0.897. The highest BCUT2D eigenvalue weighted by atomic mass is 35.5. The molecule has 2 fully saturated rings. The molecule has 2 bridgehead atoms. The molecule has 0 saturated carbocycles. The number of piperidine rings is 1. The van der Waals surface area contributed by atoms with Gasteiger partial charge in [0.15, 0.2) is 6.39 Å². The normalized spacial score (nSPS) is 31.5. The monoisotopic (exact) mass is 257 g/mol. The summed E-state index contributed by atoms with van der Waals surface area (Å²) in [6, 6.07) is 2.21. The minimum Gasteiger partial charge on any atom is -0.451 e. The third kappa shape index (κ3) is 2.81. The van der Waals surface area contributed by atoms with Crippen molar-refractivity contribution >= 4 is 12.4 Å². The van der Waals surface area contributed by atoms with Crippen LogP contribution in [0.4, 0.5) is 0 Å². The summed E-state index contributed by atoms with van der Waals surface area (Å²) in [5.74, 6) is 0. The Labute approximate surface area is 108 Å². The molecule has 0 aliphatic carbocycles. The summed E-state index contributed by atoms with van der Waals surface area (Å²) in [5.41, 5.74) is 1.04. The molecule has 2 aliphatic heterocycles. The van der Waals surface area contributed by atoms with E-state index in [0.717, 1.165) is 24.3 Å². The highest BCUT2D eigenvalue weighted by Gasteiger charge is 2.34. The molecule has 3 rings (SSSR count). The second kappa shape index (κ2) is 5.38. The molecule has 96 valence electrons. The minimum absolute atomic E-state index is 0. The second-order valence-corrected chi connectivity index (χ2v) is 5.16. The third-order valence-corrected chi connectivity index (χ3v) is 3.97. The van der Waals surface area contributed by atoms with Gasteiger partial charge in [0.05, 0.1) is 5.69 Å². The third-order valence-electron chi connectivity index (χ3n) is 3.97. The Morgan fingerprint density at radius 2 is 2.12 bits per heavy atom. The summed E-state index contributed by atoms with van der Waals surface area (Å²) >= 11 is 0. The van der Waals surface area contributed by atoms with Gasteiger partial charge in [0.1, 0.15) is 6.26 Å². The number of aromatic nitrogens is 1. The van der Waals surface area contributed by atoms with Crippen molar-refractivity contribution < 1.29 is 4.42 Å². The lowest BCUT2D eigenvalue weighted by atomic mass is 9.98. The second-order valence-electron chi connectivity index (χ2n) is 5.16. The molecule has 0 radical (unpaired) electrons. The summed E-state index contributed by atoms with van der Waals surface area (Å²) in [7, 11) is 2.20. The van der Waals surface area contributed by atoms with Crippen molar-refractivity contribution in [3.63, 3.8) is 0 Å². The van der Waals surface area contributed by atoms with Crippen LogP contribution >= 0.6 is 12.4 Å². The average Bonchev–Trinajstić information content (AvgIpc) is 2.89. The van der Waals surface area contributed by atoms with E-state index in [1.807, 2.05) is 0 Å². The van der Waals surface area contributed by atoms with Crippen molar-refractivity contribution in [1.29, 1.82) is 0 Å². The SMILES string of the molecule is CN(Cc1cocn1)C1CC2CCC(C1)N2.Cl. The number of hydrogen-bond donors (Lipinski definition) is 1. The molecule has 17 heavy (non-hydrogen) atoms. The first-order valence-corrected chi connectivity index (χ1v) is 6.14. The molecule has 0 aromatic carbocycles. The van der Waals surface area contributed by atoms with Gasteiger partial charge in [-0.25, -0.2) is 4.98 Å². The van der Waals surface area contributed by atoms with Crippen molar-refractivity contribution in [3.8, 4) is 0 Å². The van der Waals surface area contributed by atoms with Crippen LogP contribution in [0.3, 0.4) is 0 Å². The standard InChI is InChI=1S/C12H19N3O.ClH/c1-15(6-11-7-16-8-13-11)12-4-9-2-3-10(5-12)14-9;/h7-10,12,14H,2-6H2,1H3;1H. The summed E-state index contributed by atoms with van der Waals surface area (Å²) in [6.45, 7) is 0.903. The Morgan fingerprint density at radius 1 is 1.41 bits per heavy atom. The van der Waals surface area contributed by atoms with E-state index in [9.17, 15) is 0 Å². The van der Waals surface area contributed by atoms with Crippen LogP contribution in [0.25, 0.3) is 0 Å². The van der Waals surface area contributed by atoms with E-state index in [1.165, 1.54) is 32.1 Å². The van der Waals surface area contributed by atoms with Gasteiger partial charge in [-0.1, -0.05) is 0 Å². The Morgan fingerprint density at radius 3 is 2.71 bits per heavy atom. The molecule has 2 atom stereocenters. The highest BCUT2D eigenvalue weighted by Crippen LogP contribution is 2.29. The fraction of sp³-hybridized carbons (Fsp3) is 0.750. The summed E-state index contributed by atoms with van der Waals surface area (Å²) in [4.78, 5) is 6.60. The number of rotatable bonds is 3. The maximum absolute atomic E-state index is 5.01. The smallest absolute Gasteiger partial charge is 0.180 e. The number of fused-ring (bicyclic) bond motifs is 2. The van der Waals surface area contributed by atoms with E-state index < -0.39 is 0 Å². The first-order valence-electron chi connectivity index (χ1n) is 6.14. The van der Waals surface area contributed by atoms with Crippen molar-refractivity contribution in [2.75, 3.05) is 7.05 Å². The van der Waals surface area contributed by atoms with Crippen LogP contribution in [0.5, 0.6) is 0 Å². The molecule has 0 spiro atoms. The lowest BCUT2D eigenvalue weighted by Crippen LogP contribution is -2.46. The van der Waals surface area contributed by atoms with E-state index in [1.54, 1.807) is 6.26 Å². The summed E-state index contributed by atoms with van der Waals surface area (Å²) < 4.78 is 5.01. The van der Waals surface area contributed by atoms with Crippen LogP contribution in [0.1, 0.15) is 31.4 Å². The van der Waals surface area contributed by atoms with Gasteiger partial charge in [-0.2, -0.15) is 0 Å². The molecular formula is C12H20ClN3O.